The van der Waals surface area contributed by atoms with Crippen LogP contribution in [-0.2, 0) is 11.3 Å². The zero-order chi connectivity index (χ0) is 22.5. The van der Waals surface area contributed by atoms with Gasteiger partial charge in [-0.25, -0.2) is 9.97 Å². The molecule has 11 heteroatoms. The van der Waals surface area contributed by atoms with Gasteiger partial charge in [-0.05, 0) is 25.1 Å². The number of hydrogen-bond donors (Lipinski definition) is 0. The molecule has 0 amide bonds. The van der Waals surface area contributed by atoms with Crippen molar-refractivity contribution in [3.8, 4) is 11.8 Å². The van der Waals surface area contributed by atoms with Crippen LogP contribution in [0.2, 0.25) is 0 Å². The predicted octanol–water partition coefficient (Wildman–Crippen LogP) is 2.13. The van der Waals surface area contributed by atoms with Crippen LogP contribution in [-0.4, -0.2) is 57.9 Å². The maximum absolute atomic E-state index is 9.15. The van der Waals surface area contributed by atoms with Gasteiger partial charge < -0.3 is 23.8 Å². The van der Waals surface area contributed by atoms with Crippen molar-refractivity contribution in [2.45, 2.75) is 32.6 Å². The molecule has 0 N–H and O–H groups in total. The van der Waals surface area contributed by atoms with Gasteiger partial charge in [-0.2, -0.15) is 10.2 Å². The first-order valence-electron chi connectivity index (χ1n) is 10.2. The van der Waals surface area contributed by atoms with Crippen LogP contribution in [0.5, 0.6) is 5.75 Å². The van der Waals surface area contributed by atoms with Crippen molar-refractivity contribution < 1.29 is 14.0 Å². The minimum Gasteiger partial charge on any atom is -0.486 e. The van der Waals surface area contributed by atoms with E-state index in [-0.39, 0.29) is 18.8 Å². The molecular formula is C21H24N8O3. The second-order valence-electron chi connectivity index (χ2n) is 7.45. The standard InChI is InChI=1S/C21H24N8O3/c1-14-12-28(21-26-19(32-27-21)15(2)30-3)6-7-29(14)20-24-10-18(11-25-20)31-13-16-4-5-23-9-17(16)8-22/h4-5,9-11,14-15H,6-7,12-13H2,1-3H3/t14?,15-/m0/s1. The molecular weight excluding hydrogens is 412 g/mol. The first-order chi connectivity index (χ1) is 15.6. The topological polar surface area (TPSA) is 126 Å². The average Bonchev–Trinajstić information content (AvgIpc) is 3.33. The summed E-state index contributed by atoms with van der Waals surface area (Å²) in [5.41, 5.74) is 1.25. The fourth-order valence-electron chi connectivity index (χ4n) is 3.40. The third kappa shape index (κ3) is 4.60. The summed E-state index contributed by atoms with van der Waals surface area (Å²) in [7, 11) is 1.61. The molecule has 0 spiro atoms. The smallest absolute Gasteiger partial charge is 0.266 e. The van der Waals surface area contributed by atoms with Crippen LogP contribution in [0.3, 0.4) is 0 Å². The van der Waals surface area contributed by atoms with Crippen LogP contribution in [0, 0.1) is 11.3 Å². The van der Waals surface area contributed by atoms with Gasteiger partial charge >= 0.3 is 0 Å². The van der Waals surface area contributed by atoms with E-state index in [1.165, 1.54) is 6.20 Å². The Morgan fingerprint density at radius 2 is 2.06 bits per heavy atom. The fourth-order valence-corrected chi connectivity index (χ4v) is 3.40. The number of nitrogens with zero attached hydrogens (tertiary/aromatic N) is 8. The molecule has 166 valence electrons. The van der Waals surface area contributed by atoms with Crippen LogP contribution < -0.4 is 14.5 Å². The van der Waals surface area contributed by atoms with Gasteiger partial charge in [0.15, 0.2) is 5.75 Å². The predicted molar refractivity (Wildman–Crippen MR) is 114 cm³/mol. The summed E-state index contributed by atoms with van der Waals surface area (Å²) in [5.74, 6) is 2.19. The van der Waals surface area contributed by atoms with E-state index < -0.39 is 0 Å². The first-order valence-corrected chi connectivity index (χ1v) is 10.2. The third-order valence-electron chi connectivity index (χ3n) is 5.34. The van der Waals surface area contributed by atoms with Crippen molar-refractivity contribution in [3.63, 3.8) is 0 Å². The number of aromatic nitrogens is 5. The highest BCUT2D eigenvalue weighted by Crippen LogP contribution is 2.23. The molecule has 11 nitrogen and oxygen atoms in total. The van der Waals surface area contributed by atoms with Crippen LogP contribution in [0.1, 0.15) is 37.0 Å². The number of anilines is 2. The van der Waals surface area contributed by atoms with E-state index in [0.29, 0.717) is 48.7 Å². The van der Waals surface area contributed by atoms with Crippen LogP contribution in [0.4, 0.5) is 11.9 Å². The van der Waals surface area contributed by atoms with E-state index in [1.807, 2.05) is 6.92 Å². The summed E-state index contributed by atoms with van der Waals surface area (Å²) < 4.78 is 16.3. The minimum atomic E-state index is -0.242. The van der Waals surface area contributed by atoms with Crippen molar-refractivity contribution in [3.05, 3.63) is 47.9 Å². The lowest BCUT2D eigenvalue weighted by Crippen LogP contribution is -2.53. The average molecular weight is 436 g/mol. The van der Waals surface area contributed by atoms with Crippen molar-refractivity contribution in [1.82, 2.24) is 25.1 Å². The quantitative estimate of drug-likeness (QED) is 0.540. The molecule has 2 atom stereocenters. The highest BCUT2D eigenvalue weighted by molar-refractivity contribution is 5.40. The lowest BCUT2D eigenvalue weighted by atomic mass is 10.2. The largest absolute Gasteiger partial charge is 0.486 e. The van der Waals surface area contributed by atoms with Crippen LogP contribution in [0.15, 0.2) is 35.4 Å². The minimum absolute atomic E-state index is 0.146. The van der Waals surface area contributed by atoms with E-state index in [4.69, 9.17) is 19.3 Å². The Hall–Kier alpha value is -3.78. The van der Waals surface area contributed by atoms with E-state index in [2.05, 4.69) is 47.9 Å². The molecule has 0 radical (unpaired) electrons. The zero-order valence-corrected chi connectivity index (χ0v) is 18.2. The molecule has 1 unspecified atom stereocenters. The number of rotatable bonds is 7. The molecule has 1 aliphatic rings. The summed E-state index contributed by atoms with van der Waals surface area (Å²) in [6.07, 6.45) is 6.20. The molecule has 4 rings (SSSR count). The summed E-state index contributed by atoms with van der Waals surface area (Å²) in [6, 6.07) is 4.02. The highest BCUT2D eigenvalue weighted by atomic mass is 16.5. The molecule has 32 heavy (non-hydrogen) atoms. The van der Waals surface area contributed by atoms with Gasteiger partial charge in [-0.3, -0.25) is 4.98 Å². The van der Waals surface area contributed by atoms with Gasteiger partial charge in [0.2, 0.25) is 5.95 Å². The first kappa shape index (κ1) is 21.5. The Labute approximate surface area is 185 Å². The van der Waals surface area contributed by atoms with Crippen LogP contribution >= 0.6 is 0 Å². The molecule has 3 aromatic rings. The lowest BCUT2D eigenvalue weighted by Gasteiger charge is -2.39. The van der Waals surface area contributed by atoms with Gasteiger partial charge in [0.05, 0.1) is 18.0 Å². The number of hydrogen-bond acceptors (Lipinski definition) is 11. The highest BCUT2D eigenvalue weighted by Gasteiger charge is 2.28. The number of nitriles is 1. The molecule has 1 fully saturated rings. The molecule has 4 heterocycles. The summed E-state index contributed by atoms with van der Waals surface area (Å²) in [6.45, 7) is 6.35. The normalized spacial score (nSPS) is 17.1. The van der Waals surface area contributed by atoms with Gasteiger partial charge in [0.1, 0.15) is 18.8 Å². The van der Waals surface area contributed by atoms with Gasteiger partial charge in [-0.1, -0.05) is 0 Å². The van der Waals surface area contributed by atoms with Crippen LogP contribution in [0.25, 0.3) is 0 Å². The van der Waals surface area contributed by atoms with E-state index >= 15 is 0 Å². The SMILES string of the molecule is CO[C@@H](C)c1nc(N2CCN(c3ncc(OCc4ccncc4C#N)cn3)C(C)C2)no1. The van der Waals surface area contributed by atoms with E-state index in [9.17, 15) is 0 Å². The van der Waals surface area contributed by atoms with Crippen molar-refractivity contribution >= 4 is 11.9 Å². The second kappa shape index (κ2) is 9.57. The molecule has 0 aromatic carbocycles. The second-order valence-corrected chi connectivity index (χ2v) is 7.45. The Balaban J connectivity index is 1.35. The lowest BCUT2D eigenvalue weighted by molar-refractivity contribution is 0.0886. The third-order valence-corrected chi connectivity index (χ3v) is 5.34. The molecule has 3 aromatic heterocycles. The molecule has 1 saturated heterocycles. The molecule has 0 bridgehead atoms. The van der Waals surface area contributed by atoms with Gasteiger partial charge in [-0.15, -0.1) is 0 Å². The van der Waals surface area contributed by atoms with Crippen molar-refractivity contribution in [1.29, 1.82) is 5.26 Å². The Morgan fingerprint density at radius 1 is 1.25 bits per heavy atom. The molecule has 0 saturated carbocycles. The maximum Gasteiger partial charge on any atom is 0.266 e. The number of pyridine rings is 1. The molecule has 1 aliphatic heterocycles. The van der Waals surface area contributed by atoms with Gasteiger partial charge in [0.25, 0.3) is 11.8 Å². The van der Waals surface area contributed by atoms with Gasteiger partial charge in [0, 0.05) is 50.7 Å². The number of piperazine rings is 1. The van der Waals surface area contributed by atoms with Crippen molar-refractivity contribution in [2.24, 2.45) is 0 Å². The number of methoxy groups -OCH3 is 1. The Morgan fingerprint density at radius 3 is 2.78 bits per heavy atom. The molecule has 0 aliphatic carbocycles. The summed E-state index contributed by atoms with van der Waals surface area (Å²) >= 11 is 0. The Bertz CT molecular complexity index is 1080. The maximum atomic E-state index is 9.15. The fraction of sp³-hybridized carbons (Fsp3) is 0.429. The summed E-state index contributed by atoms with van der Waals surface area (Å²) in [5, 5.41) is 13.2. The summed E-state index contributed by atoms with van der Waals surface area (Å²) in [4.78, 5) is 21.5. The number of ether oxygens (including phenoxy) is 2. The van der Waals surface area contributed by atoms with Crippen molar-refractivity contribution in [2.75, 3.05) is 36.5 Å². The Kier molecular flexibility index (Phi) is 6.42. The monoisotopic (exact) mass is 436 g/mol. The zero-order valence-electron chi connectivity index (χ0n) is 18.2. The van der Waals surface area contributed by atoms with E-state index in [0.717, 1.165) is 5.56 Å². The van der Waals surface area contributed by atoms with E-state index in [1.54, 1.807) is 31.8 Å².